The molecule has 3 rings (SSSR count). The molecule has 0 saturated carbocycles. The number of aliphatic hydroxyl groups excluding tert-OH is 1. The van der Waals surface area contributed by atoms with E-state index in [1.807, 2.05) is 71.0 Å². The predicted octanol–water partition coefficient (Wildman–Crippen LogP) is 3.71. The normalized spacial score (nSPS) is 18.1. The van der Waals surface area contributed by atoms with Crippen LogP contribution in [0, 0.1) is 20.8 Å². The van der Waals surface area contributed by atoms with Crippen molar-refractivity contribution in [3.63, 3.8) is 0 Å². The number of likely N-dealkylation sites (tertiary alicyclic amines) is 1. The van der Waals surface area contributed by atoms with Gasteiger partial charge in [-0.05, 0) is 64.5 Å². The molecule has 172 valence electrons. The summed E-state index contributed by atoms with van der Waals surface area (Å²) in [7, 11) is 3.83. The van der Waals surface area contributed by atoms with Gasteiger partial charge in [-0.1, -0.05) is 19.1 Å². The first-order chi connectivity index (χ1) is 15.2. The molecular weight excluding hydrogens is 406 g/mol. The molecule has 32 heavy (non-hydrogen) atoms. The molecule has 0 radical (unpaired) electrons. The molecule has 2 heterocycles. The van der Waals surface area contributed by atoms with Crippen molar-refractivity contribution in [2.75, 3.05) is 33.8 Å². The lowest BCUT2D eigenvalue weighted by Crippen LogP contribution is -2.35. The Morgan fingerprint density at radius 1 is 1.19 bits per heavy atom. The fourth-order valence-electron chi connectivity index (χ4n) is 4.16. The highest BCUT2D eigenvalue weighted by Crippen LogP contribution is 2.41. The van der Waals surface area contributed by atoms with Gasteiger partial charge in [-0.2, -0.15) is 0 Å². The Hall–Kier alpha value is -3.06. The van der Waals surface area contributed by atoms with Crippen LogP contribution in [-0.4, -0.2) is 65.4 Å². The average Bonchev–Trinajstić information content (AvgIpc) is 3.16. The summed E-state index contributed by atoms with van der Waals surface area (Å²) in [5, 5.41) is 11.3. The van der Waals surface area contributed by atoms with Crippen LogP contribution in [0.1, 0.15) is 47.5 Å². The number of ketones is 1. The second kappa shape index (κ2) is 9.61. The summed E-state index contributed by atoms with van der Waals surface area (Å²) in [6.07, 6.45) is 0.872. The summed E-state index contributed by atoms with van der Waals surface area (Å²) < 4.78 is 5.78. The Kier molecular flexibility index (Phi) is 7.09. The Morgan fingerprint density at radius 2 is 1.91 bits per heavy atom. The first-order valence-corrected chi connectivity index (χ1v) is 11.0. The number of hydrogen-bond donors (Lipinski definition) is 2. The van der Waals surface area contributed by atoms with Gasteiger partial charge in [0.2, 0.25) is 0 Å². The third-order valence-corrected chi connectivity index (χ3v) is 5.90. The number of nitrogens with one attached hydrogen (secondary N) is 1. The van der Waals surface area contributed by atoms with Crippen molar-refractivity contribution < 1.29 is 19.4 Å². The third-order valence-electron chi connectivity index (χ3n) is 5.90. The van der Waals surface area contributed by atoms with Crippen molar-refractivity contribution >= 4 is 17.4 Å². The van der Waals surface area contributed by atoms with Crippen LogP contribution in [0.2, 0.25) is 0 Å². The zero-order valence-corrected chi connectivity index (χ0v) is 19.8. The van der Waals surface area contributed by atoms with Crippen molar-refractivity contribution in [2.24, 2.45) is 0 Å². The molecule has 1 aromatic heterocycles. The lowest BCUT2D eigenvalue weighted by atomic mass is 9.94. The zero-order valence-electron chi connectivity index (χ0n) is 19.8. The minimum Gasteiger partial charge on any atom is -0.507 e. The van der Waals surface area contributed by atoms with Crippen molar-refractivity contribution in [1.82, 2.24) is 14.8 Å². The van der Waals surface area contributed by atoms with Crippen molar-refractivity contribution in [3.05, 3.63) is 57.9 Å². The van der Waals surface area contributed by atoms with Crippen LogP contribution in [0.25, 0.3) is 5.76 Å². The highest BCUT2D eigenvalue weighted by molar-refractivity contribution is 6.46. The topological polar surface area (TPSA) is 85.9 Å². The molecule has 2 aromatic rings. The number of amides is 1. The predicted molar refractivity (Wildman–Crippen MR) is 125 cm³/mol. The summed E-state index contributed by atoms with van der Waals surface area (Å²) in [6, 6.07) is 6.74. The summed E-state index contributed by atoms with van der Waals surface area (Å²) in [6.45, 7) is 9.23. The number of hydrogen-bond acceptors (Lipinski definition) is 5. The van der Waals surface area contributed by atoms with E-state index in [0.717, 1.165) is 28.9 Å². The van der Waals surface area contributed by atoms with Crippen LogP contribution in [0.5, 0.6) is 5.75 Å². The van der Waals surface area contributed by atoms with E-state index in [0.29, 0.717) is 31.0 Å². The molecule has 0 bridgehead atoms. The molecule has 0 spiro atoms. The van der Waals surface area contributed by atoms with Gasteiger partial charge in [-0.3, -0.25) is 9.59 Å². The van der Waals surface area contributed by atoms with Crippen molar-refractivity contribution in [2.45, 2.75) is 40.2 Å². The minimum absolute atomic E-state index is 0.117. The molecule has 1 amide bonds. The molecule has 1 aliphatic heterocycles. The van der Waals surface area contributed by atoms with Gasteiger partial charge in [0, 0.05) is 30.0 Å². The molecular formula is C25H33N3O4. The maximum absolute atomic E-state index is 13.2. The Labute approximate surface area is 189 Å². The van der Waals surface area contributed by atoms with Gasteiger partial charge >= 0.3 is 0 Å². The smallest absolute Gasteiger partial charge is 0.295 e. The van der Waals surface area contributed by atoms with Crippen LogP contribution >= 0.6 is 0 Å². The van der Waals surface area contributed by atoms with Crippen LogP contribution in [0.3, 0.4) is 0 Å². The van der Waals surface area contributed by atoms with Crippen molar-refractivity contribution in [3.8, 4) is 5.75 Å². The van der Waals surface area contributed by atoms with Gasteiger partial charge < -0.3 is 24.6 Å². The fraction of sp³-hybridized carbons (Fsp3) is 0.440. The quantitative estimate of drug-likeness (QED) is 0.372. The second-order valence-electron chi connectivity index (χ2n) is 8.59. The Bertz CT molecular complexity index is 1050. The van der Waals surface area contributed by atoms with Crippen molar-refractivity contribution in [1.29, 1.82) is 0 Å². The molecule has 1 atom stereocenters. The van der Waals surface area contributed by atoms with E-state index in [9.17, 15) is 14.7 Å². The Balaban J connectivity index is 2.18. The molecule has 1 unspecified atom stereocenters. The van der Waals surface area contributed by atoms with E-state index < -0.39 is 17.7 Å². The largest absolute Gasteiger partial charge is 0.507 e. The Morgan fingerprint density at radius 3 is 2.50 bits per heavy atom. The minimum atomic E-state index is -0.686. The lowest BCUT2D eigenvalue weighted by molar-refractivity contribution is -0.140. The number of ether oxygens (including phenoxy) is 1. The second-order valence-corrected chi connectivity index (χ2v) is 8.59. The number of Topliss-reactive ketones (excluding diaryl/α,β-unsaturated/α-hetero) is 1. The van der Waals surface area contributed by atoms with E-state index in [1.54, 1.807) is 4.90 Å². The van der Waals surface area contributed by atoms with E-state index in [1.165, 1.54) is 0 Å². The van der Waals surface area contributed by atoms with Crippen LogP contribution in [-0.2, 0) is 9.59 Å². The van der Waals surface area contributed by atoms with Gasteiger partial charge in [-0.15, -0.1) is 0 Å². The van der Waals surface area contributed by atoms with Gasteiger partial charge in [0.1, 0.15) is 11.5 Å². The zero-order chi connectivity index (χ0) is 23.6. The standard InChI is InChI=1S/C25H33N3O4/c1-7-13-32-19-10-8-9-18(14-19)22-21(23(29)20-15(2)16(3)26-17(20)4)24(30)25(31)28(22)12-11-27(5)6/h8-10,14,22,26,29H,7,11-13H2,1-6H3/b23-21+. The molecule has 0 aliphatic carbocycles. The van der Waals surface area contributed by atoms with E-state index >= 15 is 0 Å². The van der Waals surface area contributed by atoms with Gasteiger partial charge in [0.25, 0.3) is 11.7 Å². The molecule has 1 saturated heterocycles. The lowest BCUT2D eigenvalue weighted by Gasteiger charge is -2.27. The van der Waals surface area contributed by atoms with E-state index in [4.69, 9.17) is 4.74 Å². The molecule has 1 aromatic carbocycles. The number of aliphatic hydroxyl groups is 1. The highest BCUT2D eigenvalue weighted by Gasteiger charge is 2.46. The molecule has 7 nitrogen and oxygen atoms in total. The number of carbonyl (C=O) groups excluding carboxylic acids is 2. The number of rotatable bonds is 8. The monoisotopic (exact) mass is 439 g/mol. The summed E-state index contributed by atoms with van der Waals surface area (Å²) >= 11 is 0. The molecule has 1 aliphatic rings. The summed E-state index contributed by atoms with van der Waals surface area (Å²) in [4.78, 5) is 33.0. The number of benzene rings is 1. The third kappa shape index (κ3) is 4.43. The van der Waals surface area contributed by atoms with E-state index in [-0.39, 0.29) is 11.3 Å². The number of likely N-dealkylation sites (N-methyl/N-ethyl adjacent to an activating group) is 1. The number of aromatic amines is 1. The van der Waals surface area contributed by atoms with Crippen LogP contribution in [0.4, 0.5) is 0 Å². The van der Waals surface area contributed by atoms with Crippen LogP contribution < -0.4 is 4.74 Å². The first-order valence-electron chi connectivity index (χ1n) is 11.0. The first kappa shape index (κ1) is 23.6. The number of H-pyrrole nitrogens is 1. The SMILES string of the molecule is CCCOc1cccc(C2/C(=C(\O)c3c(C)[nH]c(C)c3C)C(=O)C(=O)N2CCN(C)C)c1. The van der Waals surface area contributed by atoms with Crippen LogP contribution in [0.15, 0.2) is 29.8 Å². The van der Waals surface area contributed by atoms with Gasteiger partial charge in [0.15, 0.2) is 0 Å². The number of nitrogens with zero attached hydrogens (tertiary/aromatic N) is 2. The maximum Gasteiger partial charge on any atom is 0.295 e. The maximum atomic E-state index is 13.2. The average molecular weight is 440 g/mol. The van der Waals surface area contributed by atoms with Gasteiger partial charge in [-0.25, -0.2) is 0 Å². The van der Waals surface area contributed by atoms with Gasteiger partial charge in [0.05, 0.1) is 18.2 Å². The number of carbonyl (C=O) groups is 2. The molecule has 7 heteroatoms. The molecule has 2 N–H and O–H groups in total. The summed E-state index contributed by atoms with van der Waals surface area (Å²) in [5.74, 6) is -0.725. The fourth-order valence-corrected chi connectivity index (χ4v) is 4.16. The van der Waals surface area contributed by atoms with E-state index in [2.05, 4.69) is 4.98 Å². The summed E-state index contributed by atoms with van der Waals surface area (Å²) in [5.41, 5.74) is 3.97. The molecule has 1 fully saturated rings. The highest BCUT2D eigenvalue weighted by atomic mass is 16.5. The number of aryl methyl sites for hydroxylation is 2. The number of aromatic nitrogens is 1.